The average Bonchev–Trinajstić information content (AvgIpc) is 3.55. The summed E-state index contributed by atoms with van der Waals surface area (Å²) in [7, 11) is 0. The molecule has 2 aromatic heterocycles. The van der Waals surface area contributed by atoms with Crippen LogP contribution >= 0.6 is 0 Å². The second kappa shape index (κ2) is 7.14. The molecule has 4 heterocycles. The van der Waals surface area contributed by atoms with Crippen LogP contribution in [-0.4, -0.2) is 0 Å². The van der Waals surface area contributed by atoms with Gasteiger partial charge in [-0.15, -0.1) is 9.13 Å². The zero-order valence-corrected chi connectivity index (χ0v) is 24.3. The van der Waals surface area contributed by atoms with Crippen molar-refractivity contribution in [2.24, 2.45) is 0 Å². The Morgan fingerprint density at radius 3 is 1.36 bits per heavy atom. The zero-order chi connectivity index (χ0) is 28.1. The van der Waals surface area contributed by atoms with Gasteiger partial charge in [0.1, 0.15) is 11.1 Å². The number of benzene rings is 4. The van der Waals surface area contributed by atoms with Gasteiger partial charge < -0.3 is 0 Å². The average molecular weight is 539 g/mol. The van der Waals surface area contributed by atoms with E-state index in [0.29, 0.717) is 0 Å². The van der Waals surface area contributed by atoms with Gasteiger partial charge in [-0.3, -0.25) is 0 Å². The maximum absolute atomic E-state index is 2.58. The van der Waals surface area contributed by atoms with Gasteiger partial charge in [-0.25, -0.2) is 0 Å². The number of aromatic nitrogens is 2. The Kier molecular flexibility index (Phi) is 3.88. The van der Waals surface area contributed by atoms with Crippen LogP contribution in [0.25, 0.3) is 33.6 Å². The molecule has 2 heteroatoms. The maximum atomic E-state index is 2.58. The van der Waals surface area contributed by atoms with E-state index in [1.165, 1.54) is 89.3 Å². The molecular formula is C40H30N2+2. The summed E-state index contributed by atoms with van der Waals surface area (Å²) in [6, 6.07) is 37.6. The fourth-order valence-corrected chi connectivity index (χ4v) is 9.19. The highest BCUT2D eigenvalue weighted by Crippen LogP contribution is 2.65. The van der Waals surface area contributed by atoms with Crippen molar-refractivity contribution in [2.45, 2.75) is 38.8 Å². The van der Waals surface area contributed by atoms with Crippen LogP contribution in [0.1, 0.15) is 55.6 Å². The Hall–Kier alpha value is -4.82. The van der Waals surface area contributed by atoms with E-state index in [2.05, 4.69) is 146 Å². The first-order valence-electron chi connectivity index (χ1n) is 15.0. The van der Waals surface area contributed by atoms with Crippen molar-refractivity contribution in [1.29, 1.82) is 0 Å². The minimum atomic E-state index is -0.486. The van der Waals surface area contributed by atoms with Crippen LogP contribution in [0, 0.1) is 27.7 Å². The van der Waals surface area contributed by atoms with E-state index in [0.717, 1.165) is 0 Å². The van der Waals surface area contributed by atoms with Crippen molar-refractivity contribution in [1.82, 2.24) is 0 Å². The minimum absolute atomic E-state index is 0.405. The first-order chi connectivity index (χ1) is 20.5. The quantitative estimate of drug-likeness (QED) is 0.177. The highest BCUT2D eigenvalue weighted by Gasteiger charge is 2.73. The fourth-order valence-electron chi connectivity index (χ4n) is 9.19. The Balaban J connectivity index is 1.53. The van der Waals surface area contributed by atoms with E-state index < -0.39 is 11.1 Å². The fraction of sp³-hybridized carbons (Fsp3) is 0.150. The molecule has 198 valence electrons. The van der Waals surface area contributed by atoms with Crippen LogP contribution in [0.2, 0.25) is 0 Å². The summed E-state index contributed by atoms with van der Waals surface area (Å²) in [5.74, 6) is 0. The monoisotopic (exact) mass is 538 g/mol. The highest BCUT2D eigenvalue weighted by atomic mass is 15.3. The smallest absolute Gasteiger partial charge is 0.125 e. The molecule has 4 aliphatic rings. The van der Waals surface area contributed by atoms with Crippen molar-refractivity contribution in [3.05, 3.63) is 165 Å². The van der Waals surface area contributed by atoms with E-state index >= 15 is 0 Å². The molecule has 0 saturated carbocycles. The number of fused-ring (bicyclic) bond motifs is 11. The molecule has 0 fully saturated rings. The standard InChI is InChI=1S/C40H30N2/c1-23-13-15-41-35(21-23)29-17-25(3)19-33-37(29)40(41)38-30(36-22-24(2)14-16-42(36)40)18-26(4)20-34(38)39(33)31-11-7-5-9-27(31)28-10-6-8-12-32(28)39/h5-22H,1-4H3/q+2. The second-order valence-electron chi connectivity index (χ2n) is 12.9. The van der Waals surface area contributed by atoms with E-state index in [1.807, 2.05) is 0 Å². The lowest BCUT2D eigenvalue weighted by Gasteiger charge is -2.41. The molecule has 0 radical (unpaired) electrons. The molecule has 0 N–H and O–H groups in total. The molecule has 2 aliphatic heterocycles. The maximum Gasteiger partial charge on any atom is 0.418 e. The molecule has 6 aromatic rings. The third-order valence-corrected chi connectivity index (χ3v) is 10.5. The van der Waals surface area contributed by atoms with Gasteiger partial charge in [-0.2, -0.15) is 0 Å². The second-order valence-corrected chi connectivity index (χ2v) is 12.9. The summed E-state index contributed by atoms with van der Waals surface area (Å²) in [6.07, 6.45) is 4.68. The van der Waals surface area contributed by atoms with Crippen LogP contribution in [0.3, 0.4) is 0 Å². The van der Waals surface area contributed by atoms with Crippen LogP contribution < -0.4 is 9.13 Å². The van der Waals surface area contributed by atoms with Crippen LogP contribution in [-0.2, 0) is 11.1 Å². The van der Waals surface area contributed by atoms with Gasteiger partial charge >= 0.3 is 5.66 Å². The molecule has 2 nitrogen and oxygen atoms in total. The van der Waals surface area contributed by atoms with Gasteiger partial charge in [0, 0.05) is 24.3 Å². The van der Waals surface area contributed by atoms with Crippen LogP contribution in [0.15, 0.2) is 109 Å². The van der Waals surface area contributed by atoms with Crippen molar-refractivity contribution in [3.63, 3.8) is 0 Å². The summed E-state index contributed by atoms with van der Waals surface area (Å²) in [5, 5.41) is 0. The summed E-state index contributed by atoms with van der Waals surface area (Å²) in [6.45, 7) is 8.99. The summed E-state index contributed by atoms with van der Waals surface area (Å²) >= 11 is 0. The van der Waals surface area contributed by atoms with Crippen LogP contribution in [0.4, 0.5) is 0 Å². The van der Waals surface area contributed by atoms with Crippen molar-refractivity contribution in [3.8, 4) is 33.6 Å². The Labute approximate surface area is 246 Å². The van der Waals surface area contributed by atoms with Gasteiger partial charge in [0.15, 0.2) is 12.4 Å². The predicted molar refractivity (Wildman–Crippen MR) is 166 cm³/mol. The van der Waals surface area contributed by atoms with E-state index in [9.17, 15) is 0 Å². The van der Waals surface area contributed by atoms with Crippen molar-refractivity contribution < 1.29 is 9.13 Å². The first kappa shape index (κ1) is 22.8. The SMILES string of the molecule is Cc1cc2c3c(c1)C1(c4ccccc4-c4ccccc41)c1cc(C)cc4c1C3([n+]1ccc(C)cc1-2)[n+]1ccc(C)cc1-4. The van der Waals surface area contributed by atoms with E-state index in [1.54, 1.807) is 0 Å². The Morgan fingerprint density at radius 2 is 0.881 bits per heavy atom. The zero-order valence-electron chi connectivity index (χ0n) is 24.3. The van der Waals surface area contributed by atoms with E-state index in [4.69, 9.17) is 0 Å². The molecule has 2 spiro atoms. The molecule has 0 bridgehead atoms. The molecule has 42 heavy (non-hydrogen) atoms. The largest absolute Gasteiger partial charge is 0.418 e. The number of pyridine rings is 2. The molecular weight excluding hydrogens is 508 g/mol. The molecule has 0 atom stereocenters. The number of aryl methyl sites for hydroxylation is 4. The number of hydrogen-bond donors (Lipinski definition) is 0. The minimum Gasteiger partial charge on any atom is -0.125 e. The first-order valence-corrected chi connectivity index (χ1v) is 15.0. The summed E-state index contributed by atoms with van der Waals surface area (Å²) < 4.78 is 5.16. The third-order valence-electron chi connectivity index (χ3n) is 10.5. The third kappa shape index (κ3) is 2.25. The number of hydrogen-bond acceptors (Lipinski definition) is 0. The normalized spacial score (nSPS) is 16.0. The van der Waals surface area contributed by atoms with Gasteiger partial charge in [0.05, 0.1) is 16.5 Å². The molecule has 4 aromatic carbocycles. The molecule has 10 rings (SSSR count). The predicted octanol–water partition coefficient (Wildman–Crippen LogP) is 7.43. The molecule has 2 aliphatic carbocycles. The Morgan fingerprint density at radius 1 is 0.429 bits per heavy atom. The van der Waals surface area contributed by atoms with Crippen molar-refractivity contribution in [2.75, 3.05) is 0 Å². The lowest BCUT2D eigenvalue weighted by molar-refractivity contribution is -0.955. The lowest BCUT2D eigenvalue weighted by Crippen LogP contribution is -2.73. The molecule has 0 unspecified atom stereocenters. The van der Waals surface area contributed by atoms with Crippen molar-refractivity contribution >= 4 is 0 Å². The van der Waals surface area contributed by atoms with Gasteiger partial charge in [0.25, 0.3) is 0 Å². The molecule has 0 saturated heterocycles. The number of rotatable bonds is 0. The highest BCUT2D eigenvalue weighted by molar-refractivity contribution is 5.92. The van der Waals surface area contributed by atoms with Gasteiger partial charge in [-0.1, -0.05) is 60.7 Å². The van der Waals surface area contributed by atoms with Gasteiger partial charge in [0.2, 0.25) is 11.4 Å². The summed E-state index contributed by atoms with van der Waals surface area (Å²) in [5.41, 5.74) is 20.8. The topological polar surface area (TPSA) is 7.76 Å². The number of nitrogens with zero attached hydrogens (tertiary/aromatic N) is 2. The molecule has 0 amide bonds. The van der Waals surface area contributed by atoms with E-state index in [-0.39, 0.29) is 0 Å². The lowest BCUT2D eigenvalue weighted by atomic mass is 9.58. The van der Waals surface area contributed by atoms with Gasteiger partial charge in [-0.05, 0) is 95.5 Å². The van der Waals surface area contributed by atoms with Crippen LogP contribution in [0.5, 0.6) is 0 Å². The summed E-state index contributed by atoms with van der Waals surface area (Å²) in [4.78, 5) is 0. The Bertz CT molecular complexity index is 2090.